The molecular formula is C13H20BrN3O. The Hall–Kier alpha value is -1.23. The van der Waals surface area contributed by atoms with Crippen LogP contribution in [0.1, 0.15) is 26.7 Å². The second-order valence-corrected chi connectivity index (χ2v) is 5.15. The number of rotatable bonds is 6. The van der Waals surface area contributed by atoms with Crippen molar-refractivity contribution in [2.75, 3.05) is 17.6 Å². The molecule has 0 heterocycles. The van der Waals surface area contributed by atoms with Crippen molar-refractivity contribution >= 4 is 33.2 Å². The topological polar surface area (TPSA) is 67.2 Å². The summed E-state index contributed by atoms with van der Waals surface area (Å²) in [6, 6.07) is 5.79. The zero-order chi connectivity index (χ0) is 13.5. The molecular weight excluding hydrogens is 294 g/mol. The van der Waals surface area contributed by atoms with Gasteiger partial charge in [0.2, 0.25) is 5.91 Å². The van der Waals surface area contributed by atoms with Crippen LogP contribution in [0.15, 0.2) is 22.7 Å². The molecule has 0 aliphatic rings. The van der Waals surface area contributed by atoms with Crippen molar-refractivity contribution in [1.29, 1.82) is 0 Å². The number of anilines is 2. The number of nitrogen functional groups attached to an aromatic ring is 1. The highest BCUT2D eigenvalue weighted by Crippen LogP contribution is 2.24. The molecule has 0 bridgehead atoms. The minimum atomic E-state index is 0.0726. The molecule has 0 spiro atoms. The van der Waals surface area contributed by atoms with Gasteiger partial charge in [-0.05, 0) is 47.5 Å². The van der Waals surface area contributed by atoms with Crippen molar-refractivity contribution in [3.63, 3.8) is 0 Å². The molecule has 0 radical (unpaired) electrons. The van der Waals surface area contributed by atoms with Gasteiger partial charge in [-0.1, -0.05) is 6.92 Å². The van der Waals surface area contributed by atoms with E-state index in [1.54, 1.807) is 0 Å². The molecule has 1 unspecified atom stereocenters. The largest absolute Gasteiger partial charge is 0.399 e. The molecule has 0 saturated carbocycles. The summed E-state index contributed by atoms with van der Waals surface area (Å²) in [6.45, 7) is 4.65. The SMILES string of the molecule is CCC(C)NC(=O)CCNc1ccc(N)cc1Br. The molecule has 1 aromatic rings. The highest BCUT2D eigenvalue weighted by molar-refractivity contribution is 9.10. The van der Waals surface area contributed by atoms with Crippen LogP contribution in [0.25, 0.3) is 0 Å². The Morgan fingerprint density at radius 3 is 2.83 bits per heavy atom. The molecule has 0 aliphatic carbocycles. The Kier molecular flexibility index (Phi) is 5.98. The van der Waals surface area contributed by atoms with E-state index in [9.17, 15) is 4.79 Å². The van der Waals surface area contributed by atoms with E-state index < -0.39 is 0 Å². The van der Waals surface area contributed by atoms with Crippen LogP contribution in [0.2, 0.25) is 0 Å². The molecule has 100 valence electrons. The normalized spacial score (nSPS) is 11.9. The van der Waals surface area contributed by atoms with Gasteiger partial charge in [-0.2, -0.15) is 0 Å². The van der Waals surface area contributed by atoms with Gasteiger partial charge in [-0.25, -0.2) is 0 Å². The third kappa shape index (κ3) is 4.96. The third-order valence-corrected chi connectivity index (χ3v) is 3.34. The highest BCUT2D eigenvalue weighted by Gasteiger charge is 2.05. The molecule has 1 atom stereocenters. The number of hydrogen-bond acceptors (Lipinski definition) is 3. The van der Waals surface area contributed by atoms with E-state index in [2.05, 4.69) is 33.5 Å². The summed E-state index contributed by atoms with van der Waals surface area (Å²) in [4.78, 5) is 11.6. The number of nitrogens with one attached hydrogen (secondary N) is 2. The maximum absolute atomic E-state index is 11.6. The minimum absolute atomic E-state index is 0.0726. The van der Waals surface area contributed by atoms with E-state index in [0.717, 1.165) is 16.6 Å². The van der Waals surface area contributed by atoms with E-state index in [0.29, 0.717) is 18.7 Å². The van der Waals surface area contributed by atoms with Gasteiger partial charge >= 0.3 is 0 Å². The van der Waals surface area contributed by atoms with Crippen molar-refractivity contribution in [1.82, 2.24) is 5.32 Å². The first-order valence-corrected chi connectivity index (χ1v) is 6.90. The molecule has 0 aromatic heterocycles. The summed E-state index contributed by atoms with van der Waals surface area (Å²) in [5.41, 5.74) is 7.31. The maximum atomic E-state index is 11.6. The summed E-state index contributed by atoms with van der Waals surface area (Å²) in [5.74, 6) is 0.0726. The summed E-state index contributed by atoms with van der Waals surface area (Å²) in [7, 11) is 0. The van der Waals surface area contributed by atoms with Gasteiger partial charge in [0.05, 0.1) is 0 Å². The van der Waals surface area contributed by atoms with E-state index >= 15 is 0 Å². The summed E-state index contributed by atoms with van der Waals surface area (Å²) in [5, 5.41) is 6.13. The average molecular weight is 314 g/mol. The van der Waals surface area contributed by atoms with Crippen LogP contribution in [0.4, 0.5) is 11.4 Å². The first-order valence-electron chi connectivity index (χ1n) is 6.11. The molecule has 1 amide bonds. The van der Waals surface area contributed by atoms with Crippen molar-refractivity contribution in [2.45, 2.75) is 32.7 Å². The van der Waals surface area contributed by atoms with Gasteiger partial charge in [0.15, 0.2) is 0 Å². The standard InChI is InChI=1S/C13H20BrN3O/c1-3-9(2)17-13(18)6-7-16-12-5-4-10(15)8-11(12)14/h4-5,8-9,16H,3,6-7,15H2,1-2H3,(H,17,18). The second-order valence-electron chi connectivity index (χ2n) is 4.29. The lowest BCUT2D eigenvalue weighted by Crippen LogP contribution is -2.32. The second kappa shape index (κ2) is 7.26. The van der Waals surface area contributed by atoms with E-state index in [1.165, 1.54) is 0 Å². The van der Waals surface area contributed by atoms with E-state index in [-0.39, 0.29) is 11.9 Å². The van der Waals surface area contributed by atoms with Gasteiger partial charge in [-0.3, -0.25) is 4.79 Å². The number of benzene rings is 1. The van der Waals surface area contributed by atoms with Crippen molar-refractivity contribution in [3.05, 3.63) is 22.7 Å². The zero-order valence-electron chi connectivity index (χ0n) is 10.8. The fourth-order valence-electron chi connectivity index (χ4n) is 1.43. The molecule has 4 nitrogen and oxygen atoms in total. The minimum Gasteiger partial charge on any atom is -0.399 e. The van der Waals surface area contributed by atoms with Crippen LogP contribution in [0.3, 0.4) is 0 Å². The molecule has 0 saturated heterocycles. The Bertz CT molecular complexity index is 409. The molecule has 0 aliphatic heterocycles. The Labute approximate surface area is 116 Å². The number of nitrogens with two attached hydrogens (primary N) is 1. The lowest BCUT2D eigenvalue weighted by Gasteiger charge is -2.12. The Morgan fingerprint density at radius 1 is 1.50 bits per heavy atom. The van der Waals surface area contributed by atoms with Crippen LogP contribution in [0.5, 0.6) is 0 Å². The van der Waals surface area contributed by atoms with Crippen LogP contribution >= 0.6 is 15.9 Å². The molecule has 4 N–H and O–H groups in total. The first-order chi connectivity index (χ1) is 8.52. The van der Waals surface area contributed by atoms with Gasteiger partial charge < -0.3 is 16.4 Å². The Balaban J connectivity index is 2.35. The highest BCUT2D eigenvalue weighted by atomic mass is 79.9. The fourth-order valence-corrected chi connectivity index (χ4v) is 1.97. The lowest BCUT2D eigenvalue weighted by molar-refractivity contribution is -0.121. The number of carbonyl (C=O) groups excluding carboxylic acids is 1. The van der Waals surface area contributed by atoms with Gasteiger partial charge in [0.25, 0.3) is 0 Å². The fraction of sp³-hybridized carbons (Fsp3) is 0.462. The number of hydrogen-bond donors (Lipinski definition) is 3. The maximum Gasteiger partial charge on any atom is 0.221 e. The summed E-state index contributed by atoms with van der Waals surface area (Å²) < 4.78 is 0.907. The molecule has 1 aromatic carbocycles. The smallest absolute Gasteiger partial charge is 0.221 e. The lowest BCUT2D eigenvalue weighted by atomic mass is 10.2. The van der Waals surface area contributed by atoms with Crippen molar-refractivity contribution in [3.8, 4) is 0 Å². The molecule has 1 rings (SSSR count). The van der Waals surface area contributed by atoms with E-state index in [4.69, 9.17) is 5.73 Å². The van der Waals surface area contributed by atoms with E-state index in [1.807, 2.05) is 25.1 Å². The van der Waals surface area contributed by atoms with Gasteiger partial charge in [0, 0.05) is 34.9 Å². The van der Waals surface area contributed by atoms with Crippen LogP contribution in [0, 0.1) is 0 Å². The van der Waals surface area contributed by atoms with Crippen LogP contribution in [-0.4, -0.2) is 18.5 Å². The van der Waals surface area contributed by atoms with Gasteiger partial charge in [0.1, 0.15) is 0 Å². The predicted molar refractivity (Wildman–Crippen MR) is 79.6 cm³/mol. The molecule has 5 heteroatoms. The number of carbonyl (C=O) groups is 1. The zero-order valence-corrected chi connectivity index (χ0v) is 12.4. The summed E-state index contributed by atoms with van der Waals surface area (Å²) in [6.07, 6.45) is 1.41. The third-order valence-electron chi connectivity index (χ3n) is 2.68. The molecule has 18 heavy (non-hydrogen) atoms. The van der Waals surface area contributed by atoms with Crippen molar-refractivity contribution < 1.29 is 4.79 Å². The summed E-state index contributed by atoms with van der Waals surface area (Å²) >= 11 is 3.42. The van der Waals surface area contributed by atoms with Crippen LogP contribution in [-0.2, 0) is 4.79 Å². The molecule has 0 fully saturated rings. The number of halogens is 1. The Morgan fingerprint density at radius 2 is 2.22 bits per heavy atom. The number of amides is 1. The monoisotopic (exact) mass is 313 g/mol. The average Bonchev–Trinajstić information content (AvgIpc) is 2.31. The quantitative estimate of drug-likeness (QED) is 0.707. The van der Waals surface area contributed by atoms with Gasteiger partial charge in [-0.15, -0.1) is 0 Å². The van der Waals surface area contributed by atoms with Crippen LogP contribution < -0.4 is 16.4 Å². The predicted octanol–water partition coefficient (Wildman–Crippen LogP) is 2.75. The van der Waals surface area contributed by atoms with Crippen molar-refractivity contribution in [2.24, 2.45) is 0 Å². The first kappa shape index (κ1) is 14.8.